The maximum atomic E-state index is 13.0. The van der Waals surface area contributed by atoms with Gasteiger partial charge in [0, 0.05) is 11.3 Å². The van der Waals surface area contributed by atoms with Gasteiger partial charge in [0.2, 0.25) is 5.91 Å². The third kappa shape index (κ3) is 3.70. The summed E-state index contributed by atoms with van der Waals surface area (Å²) in [4.78, 5) is 37.8. The van der Waals surface area contributed by atoms with Crippen LogP contribution >= 0.6 is 11.3 Å². The lowest BCUT2D eigenvalue weighted by Gasteiger charge is -2.23. The first-order valence-electron chi connectivity index (χ1n) is 9.45. The van der Waals surface area contributed by atoms with Gasteiger partial charge in [-0.25, -0.2) is 4.79 Å². The Labute approximate surface area is 172 Å². The molecule has 0 unspecified atom stereocenters. The van der Waals surface area contributed by atoms with Crippen LogP contribution in [0.1, 0.15) is 27.2 Å². The highest BCUT2D eigenvalue weighted by Gasteiger charge is 2.51. The Morgan fingerprint density at radius 1 is 1.14 bits per heavy atom. The molecule has 29 heavy (non-hydrogen) atoms. The van der Waals surface area contributed by atoms with E-state index in [9.17, 15) is 19.5 Å². The van der Waals surface area contributed by atoms with E-state index < -0.39 is 23.8 Å². The molecular weight excluding hydrogens is 390 g/mol. The van der Waals surface area contributed by atoms with Crippen LogP contribution in [0.15, 0.2) is 48.6 Å². The lowest BCUT2D eigenvalue weighted by Crippen LogP contribution is -2.36. The van der Waals surface area contributed by atoms with E-state index in [2.05, 4.69) is 5.32 Å². The fraction of sp³-hybridized carbons (Fsp3) is 0.318. The van der Waals surface area contributed by atoms with Crippen LogP contribution in [0, 0.1) is 23.7 Å². The summed E-state index contributed by atoms with van der Waals surface area (Å²) in [6.07, 6.45) is 5.14. The third-order valence-electron chi connectivity index (χ3n) is 5.69. The zero-order valence-corrected chi connectivity index (χ0v) is 16.6. The number of ether oxygens (including phenoxy) is 1. The van der Waals surface area contributed by atoms with Gasteiger partial charge in [0.05, 0.1) is 24.5 Å². The lowest BCUT2D eigenvalue weighted by atomic mass is 9.82. The van der Waals surface area contributed by atoms with Crippen molar-refractivity contribution >= 4 is 34.2 Å². The zero-order chi connectivity index (χ0) is 20.5. The molecule has 6 nitrogen and oxygen atoms in total. The van der Waals surface area contributed by atoms with E-state index in [0.29, 0.717) is 23.4 Å². The van der Waals surface area contributed by atoms with Gasteiger partial charge >= 0.3 is 11.9 Å². The zero-order valence-electron chi connectivity index (χ0n) is 15.8. The first-order chi connectivity index (χ1) is 14.0. The van der Waals surface area contributed by atoms with E-state index in [4.69, 9.17) is 4.74 Å². The number of allylic oxidation sites excluding steroid dienone is 2. The van der Waals surface area contributed by atoms with Crippen molar-refractivity contribution in [3.8, 4) is 0 Å². The van der Waals surface area contributed by atoms with Crippen LogP contribution in [0.2, 0.25) is 0 Å². The summed E-state index contributed by atoms with van der Waals surface area (Å²) in [5.41, 5.74) is 1.38. The summed E-state index contributed by atoms with van der Waals surface area (Å²) in [5, 5.41) is 12.8. The normalized spacial score (nSPS) is 24.4. The summed E-state index contributed by atoms with van der Waals surface area (Å²) in [7, 11) is 1.30. The number of carboxylic acids is 1. The van der Waals surface area contributed by atoms with Gasteiger partial charge in [0.1, 0.15) is 5.00 Å². The van der Waals surface area contributed by atoms with Crippen LogP contribution in [0.25, 0.3) is 0 Å². The highest BCUT2D eigenvalue weighted by Crippen LogP contribution is 2.48. The average molecular weight is 411 g/mol. The van der Waals surface area contributed by atoms with Crippen LogP contribution in [0.4, 0.5) is 5.00 Å². The molecule has 1 amide bonds. The van der Waals surface area contributed by atoms with Gasteiger partial charge in [0.25, 0.3) is 0 Å². The Hall–Kier alpha value is -2.93. The lowest BCUT2D eigenvalue weighted by molar-refractivity contribution is -0.146. The molecule has 7 heteroatoms. The predicted octanol–water partition coefficient (Wildman–Crippen LogP) is 3.59. The summed E-state index contributed by atoms with van der Waals surface area (Å²) in [6, 6.07) is 11.5. The summed E-state index contributed by atoms with van der Waals surface area (Å²) in [6.45, 7) is 0. The van der Waals surface area contributed by atoms with Gasteiger partial charge in [-0.1, -0.05) is 42.5 Å². The topological polar surface area (TPSA) is 92.7 Å². The minimum atomic E-state index is -0.953. The van der Waals surface area contributed by atoms with Crippen LogP contribution in [0.3, 0.4) is 0 Å². The van der Waals surface area contributed by atoms with Gasteiger partial charge in [-0.2, -0.15) is 0 Å². The van der Waals surface area contributed by atoms with Crippen molar-refractivity contribution in [2.45, 2.75) is 12.8 Å². The number of benzene rings is 1. The number of hydrogen-bond acceptors (Lipinski definition) is 5. The molecule has 1 saturated carbocycles. The Bertz CT molecular complexity index is 980. The Balaban J connectivity index is 1.58. The number of amides is 1. The first-order valence-corrected chi connectivity index (χ1v) is 10.3. The number of aliphatic carboxylic acids is 1. The quantitative estimate of drug-likeness (QED) is 0.560. The van der Waals surface area contributed by atoms with Gasteiger partial charge in [-0.3, -0.25) is 9.59 Å². The van der Waals surface area contributed by atoms with Gasteiger partial charge in [-0.15, -0.1) is 11.3 Å². The van der Waals surface area contributed by atoms with Gasteiger partial charge in [-0.05, 0) is 29.9 Å². The Morgan fingerprint density at radius 3 is 2.48 bits per heavy atom. The van der Waals surface area contributed by atoms with E-state index >= 15 is 0 Å². The molecule has 0 radical (unpaired) electrons. The Kier molecular flexibility index (Phi) is 5.24. The van der Waals surface area contributed by atoms with Crippen molar-refractivity contribution in [1.29, 1.82) is 0 Å². The Morgan fingerprint density at radius 2 is 1.83 bits per heavy atom. The molecule has 0 spiro atoms. The number of fused-ring (bicyclic) bond motifs is 2. The highest BCUT2D eigenvalue weighted by atomic mass is 32.1. The van der Waals surface area contributed by atoms with Crippen LogP contribution in [-0.4, -0.2) is 30.1 Å². The van der Waals surface area contributed by atoms with E-state index in [-0.39, 0.29) is 17.7 Å². The number of carboxylic acid groups (broad SMARTS) is 1. The van der Waals surface area contributed by atoms with E-state index in [0.717, 1.165) is 10.4 Å². The molecule has 2 aromatic rings. The maximum Gasteiger partial charge on any atom is 0.340 e. The van der Waals surface area contributed by atoms with Crippen molar-refractivity contribution < 1.29 is 24.2 Å². The molecule has 1 heterocycles. The number of methoxy groups -OCH3 is 1. The minimum absolute atomic E-state index is 0.0774. The predicted molar refractivity (Wildman–Crippen MR) is 109 cm³/mol. The van der Waals surface area contributed by atoms with Crippen molar-refractivity contribution in [3.05, 3.63) is 64.6 Å². The third-order valence-corrected chi connectivity index (χ3v) is 6.74. The molecule has 1 aromatic carbocycles. The number of thiophene rings is 1. The number of rotatable bonds is 6. The standard InChI is InChI=1S/C22H21NO5S/c1-28-22(27)16-11-15(9-12-5-3-2-4-6-12)29-20(16)23-19(24)17-13-7-8-14(10-13)18(17)21(25)26/h2-8,11,13-14,17-18H,9-10H2,1H3,(H,23,24)(H,25,26)/t13-,14+,17-,18+/m1/s1. The number of carbonyl (C=O) groups excluding carboxylic acids is 2. The van der Waals surface area contributed by atoms with Crippen LogP contribution < -0.4 is 5.32 Å². The monoisotopic (exact) mass is 411 g/mol. The molecule has 1 aromatic heterocycles. The van der Waals surface area contributed by atoms with Gasteiger partial charge < -0.3 is 15.2 Å². The molecular formula is C22H21NO5S. The van der Waals surface area contributed by atoms with Crippen molar-refractivity contribution in [2.24, 2.45) is 23.7 Å². The second-order valence-corrected chi connectivity index (χ2v) is 8.57. The number of nitrogens with one attached hydrogen (secondary N) is 1. The number of carbonyl (C=O) groups is 3. The molecule has 2 N–H and O–H groups in total. The summed E-state index contributed by atoms with van der Waals surface area (Å²) < 4.78 is 4.87. The largest absolute Gasteiger partial charge is 0.481 e. The molecule has 2 bridgehead atoms. The second-order valence-electron chi connectivity index (χ2n) is 7.44. The maximum absolute atomic E-state index is 13.0. The van der Waals surface area contributed by atoms with E-state index in [1.807, 2.05) is 42.5 Å². The van der Waals surface area contributed by atoms with E-state index in [1.54, 1.807) is 6.07 Å². The summed E-state index contributed by atoms with van der Waals surface area (Å²) >= 11 is 1.32. The smallest absolute Gasteiger partial charge is 0.340 e. The molecule has 4 rings (SSSR count). The van der Waals surface area contributed by atoms with Crippen molar-refractivity contribution in [3.63, 3.8) is 0 Å². The first kappa shape index (κ1) is 19.4. The molecule has 4 atom stereocenters. The highest BCUT2D eigenvalue weighted by molar-refractivity contribution is 7.16. The second kappa shape index (κ2) is 7.83. The number of hydrogen-bond donors (Lipinski definition) is 2. The SMILES string of the molecule is COC(=O)c1cc(Cc2ccccc2)sc1NC(=O)[C@H]1[C@@H](C(=O)O)[C@H]2C=C[C@@H]1C2. The number of esters is 1. The molecule has 0 aliphatic heterocycles. The van der Waals surface area contributed by atoms with Crippen molar-refractivity contribution in [2.75, 3.05) is 12.4 Å². The fourth-order valence-corrected chi connectivity index (χ4v) is 5.47. The molecule has 150 valence electrons. The average Bonchev–Trinajstić information content (AvgIpc) is 3.42. The molecule has 2 aliphatic rings. The summed E-state index contributed by atoms with van der Waals surface area (Å²) in [5.74, 6) is -3.38. The number of anilines is 1. The molecule has 0 saturated heterocycles. The van der Waals surface area contributed by atoms with Crippen LogP contribution in [-0.2, 0) is 20.7 Å². The molecule has 2 aliphatic carbocycles. The van der Waals surface area contributed by atoms with Crippen molar-refractivity contribution in [1.82, 2.24) is 0 Å². The minimum Gasteiger partial charge on any atom is -0.481 e. The molecule has 1 fully saturated rings. The van der Waals surface area contributed by atoms with E-state index in [1.165, 1.54) is 18.4 Å². The fourth-order valence-electron chi connectivity index (χ4n) is 4.39. The van der Waals surface area contributed by atoms with Gasteiger partial charge in [0.15, 0.2) is 0 Å². The van der Waals surface area contributed by atoms with Crippen LogP contribution in [0.5, 0.6) is 0 Å².